The predicted octanol–water partition coefficient (Wildman–Crippen LogP) is 6.40. The molecule has 30 heavy (non-hydrogen) atoms. The van der Waals surface area contributed by atoms with Crippen LogP contribution in [0.4, 0.5) is 24.7 Å². The average Bonchev–Trinajstić information content (AvgIpc) is 2.65. The predicted molar refractivity (Wildman–Crippen MR) is 112 cm³/mol. The fraction of sp³-hybridized carbons (Fsp3) is 0.545. The maximum Gasteiger partial charge on any atom is 0.421 e. The van der Waals surface area contributed by atoms with Crippen molar-refractivity contribution >= 4 is 11.5 Å². The molecule has 0 saturated heterocycles. The van der Waals surface area contributed by atoms with E-state index in [9.17, 15) is 13.2 Å². The SMILES string of the molecule is CCCCCCOc1ncc(C(F)(F)F)c(N(C)c2cccc(OC(C)(C)C)c2)n1. The highest BCUT2D eigenvalue weighted by Gasteiger charge is 2.37. The molecule has 0 amide bonds. The number of halogens is 3. The first-order chi connectivity index (χ1) is 14.0. The van der Waals surface area contributed by atoms with Crippen molar-refractivity contribution in [1.82, 2.24) is 9.97 Å². The monoisotopic (exact) mass is 425 g/mol. The molecule has 1 heterocycles. The average molecular weight is 425 g/mol. The summed E-state index contributed by atoms with van der Waals surface area (Å²) >= 11 is 0. The molecule has 5 nitrogen and oxygen atoms in total. The van der Waals surface area contributed by atoms with Crippen molar-refractivity contribution < 1.29 is 22.6 Å². The van der Waals surface area contributed by atoms with Crippen LogP contribution in [0.15, 0.2) is 30.5 Å². The molecule has 0 N–H and O–H groups in total. The summed E-state index contributed by atoms with van der Waals surface area (Å²) in [4.78, 5) is 9.20. The van der Waals surface area contributed by atoms with Crippen molar-refractivity contribution in [2.45, 2.75) is 65.2 Å². The Morgan fingerprint density at radius 3 is 2.43 bits per heavy atom. The molecule has 0 aliphatic heterocycles. The molecule has 1 aromatic heterocycles. The van der Waals surface area contributed by atoms with Gasteiger partial charge in [-0.2, -0.15) is 18.2 Å². The van der Waals surface area contributed by atoms with E-state index in [0.29, 0.717) is 18.0 Å². The Morgan fingerprint density at radius 1 is 1.07 bits per heavy atom. The summed E-state index contributed by atoms with van der Waals surface area (Å²) in [7, 11) is 1.53. The van der Waals surface area contributed by atoms with Crippen molar-refractivity contribution in [2.24, 2.45) is 0 Å². The lowest BCUT2D eigenvalue weighted by Crippen LogP contribution is -2.23. The number of hydrogen-bond acceptors (Lipinski definition) is 5. The quantitative estimate of drug-likeness (QED) is 0.435. The molecule has 8 heteroatoms. The highest BCUT2D eigenvalue weighted by atomic mass is 19.4. The van der Waals surface area contributed by atoms with Crippen LogP contribution < -0.4 is 14.4 Å². The topological polar surface area (TPSA) is 47.5 Å². The molecule has 2 aromatic rings. The van der Waals surface area contributed by atoms with E-state index in [1.807, 2.05) is 20.8 Å². The van der Waals surface area contributed by atoms with Gasteiger partial charge < -0.3 is 14.4 Å². The number of unbranched alkanes of at least 4 members (excludes halogenated alkanes) is 3. The van der Waals surface area contributed by atoms with Gasteiger partial charge in [0.15, 0.2) is 5.82 Å². The molecule has 0 unspecified atom stereocenters. The van der Waals surface area contributed by atoms with Gasteiger partial charge in [-0.1, -0.05) is 32.3 Å². The molecule has 0 atom stereocenters. The van der Waals surface area contributed by atoms with E-state index in [1.165, 1.54) is 11.9 Å². The molecular formula is C22H30F3N3O2. The van der Waals surface area contributed by atoms with Crippen LogP contribution >= 0.6 is 0 Å². The van der Waals surface area contributed by atoms with Crippen LogP contribution in [0.1, 0.15) is 58.9 Å². The lowest BCUT2D eigenvalue weighted by atomic mass is 10.2. The summed E-state index contributed by atoms with van der Waals surface area (Å²) in [6.45, 7) is 8.17. The molecule has 0 saturated carbocycles. The third-order valence-corrected chi connectivity index (χ3v) is 4.23. The Morgan fingerprint density at radius 2 is 1.80 bits per heavy atom. The first kappa shape index (κ1) is 23.8. The molecule has 0 bridgehead atoms. The molecule has 0 aliphatic carbocycles. The van der Waals surface area contributed by atoms with E-state index < -0.39 is 17.3 Å². The molecule has 166 valence electrons. The lowest BCUT2D eigenvalue weighted by Gasteiger charge is -2.25. The van der Waals surface area contributed by atoms with Gasteiger partial charge >= 0.3 is 12.2 Å². The van der Waals surface area contributed by atoms with Crippen LogP contribution in [0.2, 0.25) is 0 Å². The number of ether oxygens (including phenoxy) is 2. The maximum atomic E-state index is 13.6. The fourth-order valence-electron chi connectivity index (χ4n) is 2.81. The van der Waals surface area contributed by atoms with Crippen LogP contribution in [0.25, 0.3) is 0 Å². The van der Waals surface area contributed by atoms with E-state index >= 15 is 0 Å². The fourth-order valence-corrected chi connectivity index (χ4v) is 2.81. The zero-order valence-corrected chi connectivity index (χ0v) is 18.2. The molecule has 0 spiro atoms. The van der Waals surface area contributed by atoms with Crippen LogP contribution in [-0.2, 0) is 6.18 Å². The number of rotatable bonds is 9. The van der Waals surface area contributed by atoms with E-state index in [1.54, 1.807) is 24.3 Å². The van der Waals surface area contributed by atoms with Crippen LogP contribution in [0.5, 0.6) is 11.8 Å². The first-order valence-electron chi connectivity index (χ1n) is 10.1. The van der Waals surface area contributed by atoms with Crippen molar-refractivity contribution in [3.05, 3.63) is 36.0 Å². The molecule has 0 radical (unpaired) electrons. The van der Waals surface area contributed by atoms with Gasteiger partial charge in [0.25, 0.3) is 0 Å². The summed E-state index contributed by atoms with van der Waals surface area (Å²) in [5, 5.41) is 0. The van der Waals surface area contributed by atoms with Gasteiger partial charge in [0.05, 0.1) is 6.61 Å². The summed E-state index contributed by atoms with van der Waals surface area (Å²) in [5.74, 6) is 0.288. The van der Waals surface area contributed by atoms with Crippen molar-refractivity contribution in [2.75, 3.05) is 18.6 Å². The third-order valence-electron chi connectivity index (χ3n) is 4.23. The van der Waals surface area contributed by atoms with Gasteiger partial charge in [0, 0.05) is 25.0 Å². The number of hydrogen-bond donors (Lipinski definition) is 0. The molecule has 1 aromatic carbocycles. The Kier molecular flexibility index (Phi) is 7.92. The number of anilines is 2. The summed E-state index contributed by atoms with van der Waals surface area (Å²) < 4.78 is 52.1. The van der Waals surface area contributed by atoms with Gasteiger partial charge in [0.1, 0.15) is 16.9 Å². The second-order valence-corrected chi connectivity index (χ2v) is 8.07. The Bertz CT molecular complexity index is 820. The Balaban J connectivity index is 2.30. The van der Waals surface area contributed by atoms with Crippen molar-refractivity contribution in [1.29, 1.82) is 0 Å². The van der Waals surface area contributed by atoms with Crippen LogP contribution in [0, 0.1) is 0 Å². The van der Waals surface area contributed by atoms with Gasteiger partial charge in [-0.3, -0.25) is 0 Å². The van der Waals surface area contributed by atoms with Gasteiger partial charge in [-0.25, -0.2) is 4.98 Å². The Labute approximate surface area is 176 Å². The zero-order valence-electron chi connectivity index (χ0n) is 18.2. The summed E-state index contributed by atoms with van der Waals surface area (Å²) in [6, 6.07) is 6.80. The van der Waals surface area contributed by atoms with Crippen molar-refractivity contribution in [3.63, 3.8) is 0 Å². The third kappa shape index (κ3) is 7.07. The van der Waals surface area contributed by atoms with E-state index in [-0.39, 0.29) is 11.8 Å². The minimum atomic E-state index is -4.59. The molecular weight excluding hydrogens is 395 g/mol. The number of nitrogens with zero attached hydrogens (tertiary/aromatic N) is 3. The van der Waals surface area contributed by atoms with Crippen LogP contribution in [-0.4, -0.2) is 29.2 Å². The summed E-state index contributed by atoms with van der Waals surface area (Å²) in [6.07, 6.45) is 0.139. The van der Waals surface area contributed by atoms with E-state index in [0.717, 1.165) is 31.9 Å². The smallest absolute Gasteiger partial charge is 0.421 e. The van der Waals surface area contributed by atoms with Gasteiger partial charge in [-0.05, 0) is 39.3 Å². The number of benzene rings is 1. The first-order valence-corrected chi connectivity index (χ1v) is 10.1. The minimum Gasteiger partial charge on any atom is -0.488 e. The van der Waals surface area contributed by atoms with E-state index in [4.69, 9.17) is 9.47 Å². The normalized spacial score (nSPS) is 12.0. The minimum absolute atomic E-state index is 0.0663. The van der Waals surface area contributed by atoms with Gasteiger partial charge in [-0.15, -0.1) is 0 Å². The highest BCUT2D eigenvalue weighted by Crippen LogP contribution is 2.38. The van der Waals surface area contributed by atoms with Crippen molar-refractivity contribution in [3.8, 4) is 11.8 Å². The maximum absolute atomic E-state index is 13.6. The largest absolute Gasteiger partial charge is 0.488 e. The molecule has 0 fully saturated rings. The molecule has 2 rings (SSSR count). The number of alkyl halides is 3. The zero-order chi connectivity index (χ0) is 22.4. The van der Waals surface area contributed by atoms with Crippen LogP contribution in [0.3, 0.4) is 0 Å². The standard InChI is InChI=1S/C22H30F3N3O2/c1-6-7-8-9-13-29-20-26-15-18(22(23,24)25)19(27-20)28(5)16-11-10-12-17(14-16)30-21(2,3)4/h10-12,14-15H,6-9,13H2,1-5H3. The highest BCUT2D eigenvalue weighted by molar-refractivity contribution is 5.64. The molecule has 0 aliphatic rings. The Hall–Kier alpha value is -2.51. The summed E-state index contributed by atoms with van der Waals surface area (Å²) in [5.41, 5.74) is -0.845. The second-order valence-electron chi connectivity index (χ2n) is 8.07. The number of aromatic nitrogens is 2. The van der Waals surface area contributed by atoms with Gasteiger partial charge in [0.2, 0.25) is 0 Å². The second kappa shape index (κ2) is 10.00. The van der Waals surface area contributed by atoms with E-state index in [2.05, 4.69) is 16.9 Å². The lowest BCUT2D eigenvalue weighted by molar-refractivity contribution is -0.137.